The molecule has 7 heteroatoms. The lowest BCUT2D eigenvalue weighted by Gasteiger charge is -2.42. The van der Waals surface area contributed by atoms with Crippen LogP contribution in [0, 0.1) is 11.3 Å². The monoisotopic (exact) mass is 282 g/mol. The van der Waals surface area contributed by atoms with Gasteiger partial charge in [0, 0.05) is 12.6 Å². The summed E-state index contributed by atoms with van der Waals surface area (Å²) >= 11 is 0. The number of hydrogen-bond acceptors (Lipinski definition) is 5. The molecule has 0 unspecified atom stereocenters. The third kappa shape index (κ3) is 2.14. The first-order valence-corrected chi connectivity index (χ1v) is 6.69. The molecule has 0 N–H and O–H groups in total. The van der Waals surface area contributed by atoms with Gasteiger partial charge in [-0.25, -0.2) is 4.68 Å². The van der Waals surface area contributed by atoms with Gasteiger partial charge in [-0.05, 0) is 47.9 Å². The van der Waals surface area contributed by atoms with Crippen LogP contribution in [0.5, 0.6) is 0 Å². The van der Waals surface area contributed by atoms with Crippen LogP contribution in [0.1, 0.15) is 29.6 Å². The van der Waals surface area contributed by atoms with Crippen LogP contribution in [0.3, 0.4) is 0 Å². The molecule has 3 rings (SSSR count). The van der Waals surface area contributed by atoms with Crippen molar-refractivity contribution in [2.45, 2.75) is 24.8 Å². The molecule has 1 heterocycles. The summed E-state index contributed by atoms with van der Waals surface area (Å²) in [7, 11) is 1.69. The van der Waals surface area contributed by atoms with Crippen molar-refractivity contribution in [3.63, 3.8) is 0 Å². The Morgan fingerprint density at radius 3 is 2.86 bits per heavy atom. The molecular formula is C14H14N6O. The third-order valence-corrected chi connectivity index (χ3v) is 4.04. The average Bonchev–Trinajstić information content (AvgIpc) is 3.00. The highest BCUT2D eigenvalue weighted by Crippen LogP contribution is 2.37. The van der Waals surface area contributed by atoms with Gasteiger partial charge in [-0.3, -0.25) is 4.79 Å². The lowest BCUT2D eigenvalue weighted by molar-refractivity contribution is 0.0497. The quantitative estimate of drug-likeness (QED) is 0.843. The van der Waals surface area contributed by atoms with Gasteiger partial charge in [0.25, 0.3) is 5.91 Å². The number of carbonyl (C=O) groups is 1. The van der Waals surface area contributed by atoms with Gasteiger partial charge in [0.15, 0.2) is 0 Å². The van der Waals surface area contributed by atoms with Gasteiger partial charge in [0.05, 0.1) is 11.8 Å². The second kappa shape index (κ2) is 4.98. The number of tetrazole rings is 1. The van der Waals surface area contributed by atoms with E-state index in [-0.39, 0.29) is 5.91 Å². The Balaban J connectivity index is 1.89. The van der Waals surface area contributed by atoms with E-state index >= 15 is 0 Å². The second-order valence-corrected chi connectivity index (χ2v) is 5.17. The van der Waals surface area contributed by atoms with Crippen molar-refractivity contribution in [2.75, 3.05) is 7.05 Å². The van der Waals surface area contributed by atoms with Crippen LogP contribution in [0.4, 0.5) is 0 Å². The maximum absolute atomic E-state index is 12.6. The van der Waals surface area contributed by atoms with E-state index in [1.54, 1.807) is 30.1 Å². The fourth-order valence-corrected chi connectivity index (χ4v) is 2.48. The number of rotatable bonds is 3. The molecule has 0 spiro atoms. The van der Waals surface area contributed by atoms with Gasteiger partial charge >= 0.3 is 0 Å². The highest BCUT2D eigenvalue weighted by Gasteiger charge is 2.43. The topological polar surface area (TPSA) is 87.7 Å². The lowest BCUT2D eigenvalue weighted by Crippen LogP contribution is -2.53. The first-order valence-electron chi connectivity index (χ1n) is 6.69. The summed E-state index contributed by atoms with van der Waals surface area (Å²) < 4.78 is 1.49. The van der Waals surface area contributed by atoms with Crippen molar-refractivity contribution in [2.24, 2.45) is 0 Å². The summed E-state index contributed by atoms with van der Waals surface area (Å²) in [4.78, 5) is 14.1. The van der Waals surface area contributed by atoms with Crippen LogP contribution >= 0.6 is 0 Å². The highest BCUT2D eigenvalue weighted by atomic mass is 16.2. The minimum atomic E-state index is -0.651. The predicted molar refractivity (Wildman–Crippen MR) is 73.4 cm³/mol. The Morgan fingerprint density at radius 1 is 1.48 bits per heavy atom. The van der Waals surface area contributed by atoms with Crippen molar-refractivity contribution in [1.29, 1.82) is 5.26 Å². The van der Waals surface area contributed by atoms with Gasteiger partial charge in [0.2, 0.25) is 0 Å². The summed E-state index contributed by atoms with van der Waals surface area (Å²) in [5.74, 6) is -0.161. The molecule has 1 aromatic carbocycles. The van der Waals surface area contributed by atoms with E-state index in [1.165, 1.54) is 11.0 Å². The first kappa shape index (κ1) is 13.2. The lowest BCUT2D eigenvalue weighted by atomic mass is 9.76. The molecule has 1 aliphatic rings. The molecule has 0 radical (unpaired) electrons. The number of hydrogen-bond donors (Lipinski definition) is 0. The number of nitrogens with zero attached hydrogens (tertiary/aromatic N) is 6. The molecule has 1 aromatic heterocycles. The summed E-state index contributed by atoms with van der Waals surface area (Å²) in [6.07, 6.45) is 3.92. The second-order valence-electron chi connectivity index (χ2n) is 5.17. The fraction of sp³-hybridized carbons (Fsp3) is 0.357. The van der Waals surface area contributed by atoms with Gasteiger partial charge in [0.1, 0.15) is 11.9 Å². The molecule has 1 aliphatic carbocycles. The summed E-state index contributed by atoms with van der Waals surface area (Å²) in [5.41, 5.74) is 0.577. The summed E-state index contributed by atoms with van der Waals surface area (Å²) in [6, 6.07) is 9.32. The van der Waals surface area contributed by atoms with Crippen LogP contribution in [-0.2, 0) is 0 Å². The van der Waals surface area contributed by atoms with Gasteiger partial charge in [-0.1, -0.05) is 6.07 Å². The molecule has 1 amide bonds. The van der Waals surface area contributed by atoms with Crippen LogP contribution in [0.25, 0.3) is 5.69 Å². The molecule has 1 saturated carbocycles. The Morgan fingerprint density at radius 2 is 2.29 bits per heavy atom. The van der Waals surface area contributed by atoms with Crippen LogP contribution < -0.4 is 0 Å². The van der Waals surface area contributed by atoms with Crippen LogP contribution in [0.2, 0.25) is 0 Å². The number of benzene rings is 1. The van der Waals surface area contributed by atoms with Crippen molar-refractivity contribution in [1.82, 2.24) is 25.1 Å². The normalized spacial score (nSPS) is 15.8. The molecule has 0 aliphatic heterocycles. The van der Waals surface area contributed by atoms with E-state index in [1.807, 2.05) is 6.07 Å². The van der Waals surface area contributed by atoms with E-state index in [0.29, 0.717) is 11.3 Å². The van der Waals surface area contributed by atoms with E-state index < -0.39 is 5.54 Å². The molecule has 2 aromatic rings. The number of aromatic nitrogens is 4. The average molecular weight is 282 g/mol. The third-order valence-electron chi connectivity index (χ3n) is 4.04. The van der Waals surface area contributed by atoms with Crippen molar-refractivity contribution in [3.8, 4) is 11.8 Å². The summed E-state index contributed by atoms with van der Waals surface area (Å²) in [6.45, 7) is 0. The van der Waals surface area contributed by atoms with Crippen LogP contribution in [-0.4, -0.2) is 43.6 Å². The predicted octanol–water partition coefficient (Wildman–Crippen LogP) is 1.18. The highest BCUT2D eigenvalue weighted by molar-refractivity contribution is 5.95. The maximum atomic E-state index is 12.6. The molecule has 1 fully saturated rings. The zero-order chi connectivity index (χ0) is 14.9. The van der Waals surface area contributed by atoms with Gasteiger partial charge < -0.3 is 4.90 Å². The maximum Gasteiger partial charge on any atom is 0.254 e. The molecule has 21 heavy (non-hydrogen) atoms. The Kier molecular flexibility index (Phi) is 3.14. The number of carbonyl (C=O) groups excluding carboxylic acids is 1. The minimum Gasteiger partial charge on any atom is -0.323 e. The fourth-order valence-electron chi connectivity index (χ4n) is 2.48. The largest absolute Gasteiger partial charge is 0.323 e. The molecular weight excluding hydrogens is 268 g/mol. The molecule has 0 saturated heterocycles. The molecule has 7 nitrogen and oxygen atoms in total. The SMILES string of the molecule is CN(C(=O)c1cccc(-n2cnnn2)c1)C1(C#N)CCC1. The Bertz CT molecular complexity index is 699. The van der Waals surface area contributed by atoms with Crippen LogP contribution in [0.15, 0.2) is 30.6 Å². The van der Waals surface area contributed by atoms with E-state index in [2.05, 4.69) is 21.6 Å². The minimum absolute atomic E-state index is 0.161. The van der Waals surface area contributed by atoms with Crippen molar-refractivity contribution >= 4 is 5.91 Å². The summed E-state index contributed by atoms with van der Waals surface area (Å²) in [5, 5.41) is 20.3. The van der Waals surface area contributed by atoms with E-state index in [9.17, 15) is 10.1 Å². The van der Waals surface area contributed by atoms with E-state index in [0.717, 1.165) is 19.3 Å². The molecule has 106 valence electrons. The Hall–Kier alpha value is -2.75. The van der Waals surface area contributed by atoms with Gasteiger partial charge in [-0.2, -0.15) is 5.26 Å². The van der Waals surface area contributed by atoms with E-state index in [4.69, 9.17) is 0 Å². The number of amides is 1. The Labute approximate surface area is 121 Å². The smallest absolute Gasteiger partial charge is 0.254 e. The molecule has 0 atom stereocenters. The van der Waals surface area contributed by atoms with Gasteiger partial charge in [-0.15, -0.1) is 5.10 Å². The number of nitriles is 1. The zero-order valence-corrected chi connectivity index (χ0v) is 11.6. The first-order chi connectivity index (χ1) is 10.2. The van der Waals surface area contributed by atoms with Crippen molar-refractivity contribution in [3.05, 3.63) is 36.2 Å². The zero-order valence-electron chi connectivity index (χ0n) is 11.6. The molecule has 0 bridgehead atoms. The van der Waals surface area contributed by atoms with Crippen molar-refractivity contribution < 1.29 is 4.79 Å². The standard InChI is InChI=1S/C14H14N6O/c1-19(14(9-15)6-3-7-14)13(21)11-4-2-5-12(8-11)20-10-16-17-18-20/h2,4-5,8,10H,3,6-7H2,1H3.